The third-order valence-corrected chi connectivity index (χ3v) is 8.07. The second-order valence-corrected chi connectivity index (χ2v) is 10.4. The van der Waals surface area contributed by atoms with Gasteiger partial charge in [0.15, 0.2) is 15.0 Å². The molecule has 1 aliphatic carbocycles. The normalized spacial score (nSPS) is 29.9. The largest absolute Gasteiger partial charge is 0.315 e. The van der Waals surface area contributed by atoms with E-state index in [1.807, 2.05) is 24.0 Å². The van der Waals surface area contributed by atoms with Gasteiger partial charge in [0.1, 0.15) is 0 Å². The van der Waals surface area contributed by atoms with Gasteiger partial charge in [0.25, 0.3) is 5.91 Å². The molecule has 2 atom stereocenters. The number of halogens is 1. The first-order valence-corrected chi connectivity index (χ1v) is 11.0. The molecule has 24 heavy (non-hydrogen) atoms. The van der Waals surface area contributed by atoms with Gasteiger partial charge in [0, 0.05) is 21.9 Å². The molecule has 0 unspecified atom stereocenters. The summed E-state index contributed by atoms with van der Waals surface area (Å²) in [5.41, 5.74) is 1.82. The highest BCUT2D eigenvalue weighted by Crippen LogP contribution is 2.43. The minimum absolute atomic E-state index is 0.0459. The van der Waals surface area contributed by atoms with E-state index in [4.69, 9.17) is 11.6 Å². The standard InChI is InChI=1S/C16H17ClN2O3S2/c1-9-2-5-11(17)6-12(9)19-13-7-24(21,22)8-14(13)23-16(19)18-15(20)10-3-4-10/h2,5-6,10,13-14H,3-4,7-8H2,1H3/t13-,14+/m1/s1. The smallest absolute Gasteiger partial charge is 0.251 e. The molecule has 2 heterocycles. The Hall–Kier alpha value is -1.05. The predicted octanol–water partition coefficient (Wildman–Crippen LogP) is 2.66. The molecule has 1 saturated carbocycles. The lowest BCUT2D eigenvalue weighted by Gasteiger charge is -2.26. The van der Waals surface area contributed by atoms with Crippen molar-refractivity contribution in [3.8, 4) is 0 Å². The summed E-state index contributed by atoms with van der Waals surface area (Å²) in [7, 11) is -3.06. The van der Waals surface area contributed by atoms with Crippen LogP contribution >= 0.6 is 23.4 Å². The Morgan fingerprint density at radius 1 is 1.33 bits per heavy atom. The number of aliphatic imine (C=N–C) groups is 1. The van der Waals surface area contributed by atoms with E-state index in [9.17, 15) is 13.2 Å². The van der Waals surface area contributed by atoms with Crippen LogP contribution < -0.4 is 4.90 Å². The molecular weight excluding hydrogens is 368 g/mol. The summed E-state index contributed by atoms with van der Waals surface area (Å²) in [6, 6.07) is 5.34. The summed E-state index contributed by atoms with van der Waals surface area (Å²) in [6.45, 7) is 1.95. The van der Waals surface area contributed by atoms with Crippen molar-refractivity contribution in [2.24, 2.45) is 10.9 Å². The molecule has 3 fully saturated rings. The monoisotopic (exact) mass is 384 g/mol. The number of amides is 1. The predicted molar refractivity (Wildman–Crippen MR) is 97.7 cm³/mol. The summed E-state index contributed by atoms with van der Waals surface area (Å²) < 4.78 is 24.1. The van der Waals surface area contributed by atoms with Crippen LogP contribution in [-0.2, 0) is 14.6 Å². The zero-order valence-electron chi connectivity index (χ0n) is 13.1. The maximum Gasteiger partial charge on any atom is 0.251 e. The Balaban J connectivity index is 1.77. The molecule has 128 valence electrons. The molecule has 5 nitrogen and oxygen atoms in total. The Morgan fingerprint density at radius 2 is 2.08 bits per heavy atom. The van der Waals surface area contributed by atoms with Gasteiger partial charge in [0.05, 0.1) is 17.5 Å². The number of benzene rings is 1. The van der Waals surface area contributed by atoms with Gasteiger partial charge in [0.2, 0.25) is 0 Å². The van der Waals surface area contributed by atoms with Crippen LogP contribution in [0, 0.1) is 12.8 Å². The Labute approximate surface area is 150 Å². The van der Waals surface area contributed by atoms with Crippen molar-refractivity contribution in [1.82, 2.24) is 0 Å². The fraction of sp³-hybridized carbons (Fsp3) is 0.500. The number of carbonyl (C=O) groups is 1. The topological polar surface area (TPSA) is 66.8 Å². The van der Waals surface area contributed by atoms with Crippen LogP contribution in [0.4, 0.5) is 5.69 Å². The van der Waals surface area contributed by atoms with E-state index in [0.29, 0.717) is 10.2 Å². The molecule has 0 aromatic heterocycles. The zero-order chi connectivity index (χ0) is 17.1. The lowest BCUT2D eigenvalue weighted by Crippen LogP contribution is -2.38. The third-order valence-electron chi connectivity index (χ3n) is 4.63. The second-order valence-electron chi connectivity index (χ2n) is 6.61. The molecule has 0 spiro atoms. The number of anilines is 1. The molecule has 1 amide bonds. The molecule has 2 aliphatic heterocycles. The molecule has 2 saturated heterocycles. The zero-order valence-corrected chi connectivity index (χ0v) is 15.5. The molecule has 8 heteroatoms. The number of rotatable bonds is 2. The molecule has 1 aromatic carbocycles. The summed E-state index contributed by atoms with van der Waals surface area (Å²) in [4.78, 5) is 18.4. The van der Waals surface area contributed by atoms with Crippen molar-refractivity contribution in [2.45, 2.75) is 31.1 Å². The van der Waals surface area contributed by atoms with E-state index < -0.39 is 9.84 Å². The number of aryl methyl sites for hydroxylation is 1. The maximum absolute atomic E-state index is 12.2. The highest BCUT2D eigenvalue weighted by molar-refractivity contribution is 8.16. The van der Waals surface area contributed by atoms with Gasteiger partial charge in [-0.3, -0.25) is 4.79 Å². The van der Waals surface area contributed by atoms with Gasteiger partial charge in [-0.1, -0.05) is 29.4 Å². The molecule has 4 rings (SSSR count). The van der Waals surface area contributed by atoms with Gasteiger partial charge in [-0.2, -0.15) is 4.99 Å². The number of nitrogens with zero attached hydrogens (tertiary/aromatic N) is 2. The average Bonchev–Trinajstić information content (AvgIpc) is 3.23. The Morgan fingerprint density at radius 3 is 2.79 bits per heavy atom. The fourth-order valence-electron chi connectivity index (χ4n) is 3.20. The average molecular weight is 385 g/mol. The van der Waals surface area contributed by atoms with Gasteiger partial charge in [-0.15, -0.1) is 0 Å². The van der Waals surface area contributed by atoms with Gasteiger partial charge in [-0.05, 0) is 37.5 Å². The molecule has 1 aromatic rings. The minimum Gasteiger partial charge on any atom is -0.315 e. The summed E-state index contributed by atoms with van der Waals surface area (Å²) >= 11 is 7.56. The summed E-state index contributed by atoms with van der Waals surface area (Å²) in [5, 5.41) is 1.11. The van der Waals surface area contributed by atoms with Crippen LogP contribution in [0.1, 0.15) is 18.4 Å². The maximum atomic E-state index is 12.2. The minimum atomic E-state index is -3.06. The first kappa shape index (κ1) is 16.4. The van der Waals surface area contributed by atoms with Gasteiger partial charge >= 0.3 is 0 Å². The second kappa shape index (κ2) is 5.75. The Kier molecular flexibility index (Phi) is 3.93. The van der Waals surface area contributed by atoms with Crippen LogP contribution in [0.15, 0.2) is 23.2 Å². The van der Waals surface area contributed by atoms with E-state index in [-0.39, 0.29) is 34.6 Å². The lowest BCUT2D eigenvalue weighted by atomic mass is 10.1. The van der Waals surface area contributed by atoms with Crippen LogP contribution in [-0.4, -0.2) is 42.3 Å². The SMILES string of the molecule is Cc1ccc(Cl)cc1N1C(=NC(=O)C2CC2)S[C@H]2CS(=O)(=O)C[C@H]21. The fourth-order valence-corrected chi connectivity index (χ4v) is 7.28. The van der Waals surface area contributed by atoms with Crippen LogP contribution in [0.2, 0.25) is 5.02 Å². The molecule has 0 radical (unpaired) electrons. The first-order valence-electron chi connectivity index (χ1n) is 7.89. The van der Waals surface area contributed by atoms with Crippen molar-refractivity contribution in [1.29, 1.82) is 0 Å². The highest BCUT2D eigenvalue weighted by atomic mass is 35.5. The number of fused-ring (bicyclic) bond motifs is 1. The molecule has 0 N–H and O–H groups in total. The number of carbonyl (C=O) groups excluding carboxylic acids is 1. The summed E-state index contributed by atoms with van der Waals surface area (Å²) in [6.07, 6.45) is 1.80. The van der Waals surface area contributed by atoms with Crippen LogP contribution in [0.25, 0.3) is 0 Å². The number of hydrogen-bond donors (Lipinski definition) is 0. The van der Waals surface area contributed by atoms with E-state index in [2.05, 4.69) is 4.99 Å². The quantitative estimate of drug-likeness (QED) is 0.784. The van der Waals surface area contributed by atoms with Crippen molar-refractivity contribution < 1.29 is 13.2 Å². The molecule has 0 bridgehead atoms. The van der Waals surface area contributed by atoms with Crippen molar-refractivity contribution in [2.75, 3.05) is 16.4 Å². The number of amidine groups is 1. The van der Waals surface area contributed by atoms with Gasteiger partial charge in [-0.25, -0.2) is 8.42 Å². The van der Waals surface area contributed by atoms with Crippen molar-refractivity contribution in [3.05, 3.63) is 28.8 Å². The van der Waals surface area contributed by atoms with Crippen LogP contribution in [0.3, 0.4) is 0 Å². The number of hydrogen-bond acceptors (Lipinski definition) is 4. The van der Waals surface area contributed by atoms with E-state index in [0.717, 1.165) is 24.1 Å². The number of sulfone groups is 1. The summed E-state index contributed by atoms with van der Waals surface area (Å²) in [5.74, 6) is 0.178. The molecular formula is C16H17ClN2O3S2. The van der Waals surface area contributed by atoms with Crippen molar-refractivity contribution >= 4 is 50.0 Å². The third kappa shape index (κ3) is 2.97. The first-order chi connectivity index (χ1) is 11.3. The van der Waals surface area contributed by atoms with E-state index in [1.54, 1.807) is 6.07 Å². The lowest BCUT2D eigenvalue weighted by molar-refractivity contribution is -0.118. The highest BCUT2D eigenvalue weighted by Gasteiger charge is 2.50. The van der Waals surface area contributed by atoms with E-state index >= 15 is 0 Å². The van der Waals surface area contributed by atoms with Gasteiger partial charge < -0.3 is 4.90 Å². The van der Waals surface area contributed by atoms with Crippen molar-refractivity contribution in [3.63, 3.8) is 0 Å². The Bertz CT molecular complexity index is 849. The molecule has 3 aliphatic rings. The van der Waals surface area contributed by atoms with E-state index in [1.165, 1.54) is 11.8 Å². The number of thioether (sulfide) groups is 1. The van der Waals surface area contributed by atoms with Crippen LogP contribution in [0.5, 0.6) is 0 Å².